The van der Waals surface area contributed by atoms with Gasteiger partial charge < -0.3 is 0 Å². The zero-order valence-corrected chi connectivity index (χ0v) is 12.1. The number of fused-ring (bicyclic) bond motifs is 7. The topological polar surface area (TPSA) is 0 Å². The Bertz CT molecular complexity index is 900. The Morgan fingerprint density at radius 3 is 2.05 bits per heavy atom. The molecule has 2 aliphatic carbocycles. The molecule has 0 fully saturated rings. The van der Waals surface area contributed by atoms with E-state index < -0.39 is 0 Å². The fourth-order valence-corrected chi connectivity index (χ4v) is 4.22. The first kappa shape index (κ1) is 11.3. The van der Waals surface area contributed by atoms with Crippen LogP contribution in [0.2, 0.25) is 0 Å². The van der Waals surface area contributed by atoms with Crippen LogP contribution in [0.25, 0.3) is 22.3 Å². The van der Waals surface area contributed by atoms with Gasteiger partial charge in [0.2, 0.25) is 0 Å². The van der Waals surface area contributed by atoms with Crippen LogP contribution in [0.3, 0.4) is 0 Å². The normalized spacial score (nSPS) is 13.6. The smallest absolute Gasteiger partial charge is 0.000708 e. The number of rotatable bonds is 0. The maximum absolute atomic E-state index is 2.41. The van der Waals surface area contributed by atoms with Crippen LogP contribution < -0.4 is 0 Å². The SMILES string of the molecule is Cc1cc2c(c3c1-c1ccccc1C3)-c1ccccc1C2. The van der Waals surface area contributed by atoms with Gasteiger partial charge in [0.15, 0.2) is 0 Å². The lowest BCUT2D eigenvalue weighted by atomic mass is 9.92. The lowest BCUT2D eigenvalue weighted by molar-refractivity contribution is 1.22. The van der Waals surface area contributed by atoms with Gasteiger partial charge in [0.05, 0.1) is 0 Å². The molecule has 5 rings (SSSR count). The predicted molar refractivity (Wildman–Crippen MR) is 87.7 cm³/mol. The molecule has 0 spiro atoms. The van der Waals surface area contributed by atoms with Crippen molar-refractivity contribution in [2.45, 2.75) is 19.8 Å². The molecular formula is C21H16. The van der Waals surface area contributed by atoms with Gasteiger partial charge in [-0.25, -0.2) is 0 Å². The zero-order valence-electron chi connectivity index (χ0n) is 12.1. The van der Waals surface area contributed by atoms with E-state index in [2.05, 4.69) is 61.5 Å². The summed E-state index contributed by atoms with van der Waals surface area (Å²) in [6.45, 7) is 2.27. The quantitative estimate of drug-likeness (QED) is 0.365. The van der Waals surface area contributed by atoms with E-state index in [4.69, 9.17) is 0 Å². The van der Waals surface area contributed by atoms with Crippen LogP contribution in [0.5, 0.6) is 0 Å². The fourth-order valence-electron chi connectivity index (χ4n) is 4.22. The van der Waals surface area contributed by atoms with Crippen LogP contribution in [0, 0.1) is 6.92 Å². The molecular weight excluding hydrogens is 252 g/mol. The monoisotopic (exact) mass is 268 g/mol. The Balaban J connectivity index is 1.87. The van der Waals surface area contributed by atoms with Gasteiger partial charge in [0, 0.05) is 0 Å². The highest BCUT2D eigenvalue weighted by molar-refractivity contribution is 5.91. The first-order valence-corrected chi connectivity index (χ1v) is 7.65. The van der Waals surface area contributed by atoms with E-state index in [1.807, 2.05) is 0 Å². The van der Waals surface area contributed by atoms with E-state index >= 15 is 0 Å². The predicted octanol–water partition coefficient (Wildman–Crippen LogP) is 5.14. The van der Waals surface area contributed by atoms with Crippen LogP contribution in [0.4, 0.5) is 0 Å². The van der Waals surface area contributed by atoms with Gasteiger partial charge in [-0.05, 0) is 69.8 Å². The van der Waals surface area contributed by atoms with Gasteiger partial charge >= 0.3 is 0 Å². The average molecular weight is 268 g/mol. The second-order valence-electron chi connectivity index (χ2n) is 6.25. The number of aryl methyl sites for hydroxylation is 1. The molecule has 0 bridgehead atoms. The van der Waals surface area contributed by atoms with Crippen molar-refractivity contribution < 1.29 is 0 Å². The Morgan fingerprint density at radius 2 is 1.29 bits per heavy atom. The maximum Gasteiger partial charge on any atom is -0.000708 e. The molecule has 0 amide bonds. The minimum Gasteiger partial charge on any atom is -0.0619 e. The molecule has 3 aromatic rings. The van der Waals surface area contributed by atoms with Crippen LogP contribution in [-0.2, 0) is 12.8 Å². The molecule has 0 radical (unpaired) electrons. The van der Waals surface area contributed by atoms with Gasteiger partial charge in [-0.1, -0.05) is 54.6 Å². The summed E-state index contributed by atoms with van der Waals surface area (Å²) in [5.74, 6) is 0. The minimum absolute atomic E-state index is 1.09. The largest absolute Gasteiger partial charge is 0.0619 e. The van der Waals surface area contributed by atoms with Gasteiger partial charge in [0.25, 0.3) is 0 Å². The van der Waals surface area contributed by atoms with Crippen molar-refractivity contribution in [1.29, 1.82) is 0 Å². The summed E-state index contributed by atoms with van der Waals surface area (Å²) in [5, 5.41) is 0. The molecule has 0 N–H and O–H groups in total. The third-order valence-corrected chi connectivity index (χ3v) is 5.03. The molecule has 0 aromatic heterocycles. The Hall–Kier alpha value is -2.34. The van der Waals surface area contributed by atoms with Crippen molar-refractivity contribution >= 4 is 0 Å². The van der Waals surface area contributed by atoms with Gasteiger partial charge in [0.1, 0.15) is 0 Å². The summed E-state index contributed by atoms with van der Waals surface area (Å²) in [7, 11) is 0. The lowest BCUT2D eigenvalue weighted by Gasteiger charge is -2.12. The summed E-state index contributed by atoms with van der Waals surface area (Å²) in [4.78, 5) is 0. The molecule has 3 aromatic carbocycles. The fraction of sp³-hybridized carbons (Fsp3) is 0.143. The van der Waals surface area contributed by atoms with Gasteiger partial charge in [-0.2, -0.15) is 0 Å². The third kappa shape index (κ3) is 1.40. The van der Waals surface area contributed by atoms with E-state index in [0.717, 1.165) is 12.8 Å². The van der Waals surface area contributed by atoms with Crippen LogP contribution in [0.15, 0.2) is 54.6 Å². The lowest BCUT2D eigenvalue weighted by Crippen LogP contribution is -1.92. The Labute approximate surface area is 125 Å². The van der Waals surface area contributed by atoms with Crippen LogP contribution in [-0.4, -0.2) is 0 Å². The second kappa shape index (κ2) is 3.85. The molecule has 2 aliphatic rings. The van der Waals surface area contributed by atoms with Gasteiger partial charge in [-0.3, -0.25) is 0 Å². The van der Waals surface area contributed by atoms with Crippen molar-refractivity contribution in [3.05, 3.63) is 82.4 Å². The summed E-state index contributed by atoms with van der Waals surface area (Å²) in [6, 6.07) is 20.2. The summed E-state index contributed by atoms with van der Waals surface area (Å²) < 4.78 is 0. The van der Waals surface area contributed by atoms with E-state index in [0.29, 0.717) is 0 Å². The standard InChI is InChI=1S/C21H16/c1-13-10-16-11-14-6-2-5-9-18(14)21(16)19-12-15-7-3-4-8-17(15)20(13)19/h2-10H,11-12H2,1H3. The number of benzene rings is 3. The molecule has 21 heavy (non-hydrogen) atoms. The molecule has 0 saturated carbocycles. The summed E-state index contributed by atoms with van der Waals surface area (Å²) in [6.07, 6.45) is 2.18. The summed E-state index contributed by atoms with van der Waals surface area (Å²) >= 11 is 0. The number of hydrogen-bond acceptors (Lipinski definition) is 0. The van der Waals surface area contributed by atoms with E-state index in [-0.39, 0.29) is 0 Å². The van der Waals surface area contributed by atoms with Crippen molar-refractivity contribution in [2.24, 2.45) is 0 Å². The Morgan fingerprint density at radius 1 is 0.667 bits per heavy atom. The molecule has 0 unspecified atom stereocenters. The first-order chi connectivity index (χ1) is 10.3. The molecule has 0 nitrogen and oxygen atoms in total. The maximum atomic E-state index is 2.41. The van der Waals surface area contributed by atoms with E-state index in [9.17, 15) is 0 Å². The molecule has 100 valence electrons. The Kier molecular flexibility index (Phi) is 2.08. The molecule has 0 heteroatoms. The highest BCUT2D eigenvalue weighted by atomic mass is 14.3. The number of hydrogen-bond donors (Lipinski definition) is 0. The molecule has 0 aliphatic heterocycles. The van der Waals surface area contributed by atoms with Crippen molar-refractivity contribution in [1.82, 2.24) is 0 Å². The molecule has 0 saturated heterocycles. The third-order valence-electron chi connectivity index (χ3n) is 5.03. The van der Waals surface area contributed by atoms with E-state index in [1.54, 1.807) is 5.56 Å². The van der Waals surface area contributed by atoms with Crippen LogP contribution in [0.1, 0.15) is 27.8 Å². The van der Waals surface area contributed by atoms with Crippen molar-refractivity contribution in [3.63, 3.8) is 0 Å². The van der Waals surface area contributed by atoms with Crippen LogP contribution >= 0.6 is 0 Å². The summed E-state index contributed by atoms with van der Waals surface area (Å²) in [5.41, 5.74) is 13.4. The second-order valence-corrected chi connectivity index (χ2v) is 6.25. The van der Waals surface area contributed by atoms with Crippen molar-refractivity contribution in [2.75, 3.05) is 0 Å². The highest BCUT2D eigenvalue weighted by Crippen LogP contribution is 2.48. The molecule has 0 atom stereocenters. The zero-order chi connectivity index (χ0) is 14.0. The highest BCUT2D eigenvalue weighted by Gasteiger charge is 2.29. The van der Waals surface area contributed by atoms with Gasteiger partial charge in [-0.15, -0.1) is 0 Å². The van der Waals surface area contributed by atoms with Crippen molar-refractivity contribution in [3.8, 4) is 22.3 Å². The minimum atomic E-state index is 1.09. The van der Waals surface area contributed by atoms with E-state index in [1.165, 1.54) is 44.5 Å². The first-order valence-electron chi connectivity index (χ1n) is 7.65. The average Bonchev–Trinajstić information content (AvgIpc) is 3.04. The molecule has 0 heterocycles.